The lowest BCUT2D eigenvalue weighted by Crippen LogP contribution is -2.40. The summed E-state index contributed by atoms with van der Waals surface area (Å²) < 4.78 is 6.02. The molecule has 1 amide bonds. The first-order valence-electron chi connectivity index (χ1n) is 22.3. The van der Waals surface area contributed by atoms with Gasteiger partial charge in [-0.05, 0) is 109 Å². The zero-order valence-electron chi connectivity index (χ0n) is 34.6. The lowest BCUT2D eigenvalue weighted by molar-refractivity contribution is -0.150. The van der Waals surface area contributed by atoms with Crippen LogP contribution >= 0.6 is 0 Å². The number of hydrogen-bond acceptors (Lipinski definition) is 5. The van der Waals surface area contributed by atoms with E-state index < -0.39 is 12.0 Å². The lowest BCUT2D eigenvalue weighted by Gasteiger charge is -2.18. The zero-order valence-corrected chi connectivity index (χ0v) is 34.6. The molecule has 7 heteroatoms. The summed E-state index contributed by atoms with van der Waals surface area (Å²) in [7, 11) is 0. The number of carboxylic acid groups (broad SMARTS) is 1. The molecular formula is C46H84N2O5. The van der Waals surface area contributed by atoms with Crippen LogP contribution in [0.4, 0.5) is 0 Å². The van der Waals surface area contributed by atoms with Crippen molar-refractivity contribution in [1.82, 2.24) is 5.32 Å². The predicted molar refractivity (Wildman–Crippen MR) is 225 cm³/mol. The number of aliphatic carboxylic acids is 1. The average molecular weight is 745 g/mol. The Labute approximate surface area is 326 Å². The lowest BCUT2D eigenvalue weighted by atomic mass is 10.0. The normalized spacial score (nSPS) is 13.0. The van der Waals surface area contributed by atoms with Gasteiger partial charge in [0, 0.05) is 12.8 Å². The third-order valence-electron chi connectivity index (χ3n) is 9.93. The Bertz CT molecular complexity index is 931. The van der Waals surface area contributed by atoms with E-state index in [1.54, 1.807) is 0 Å². The minimum absolute atomic E-state index is 0.0332. The number of allylic oxidation sites excluding steroid dienone is 6. The number of carbonyl (C=O) groups is 3. The zero-order chi connectivity index (χ0) is 38.9. The smallest absolute Gasteiger partial charge is 0.326 e. The van der Waals surface area contributed by atoms with Gasteiger partial charge in [0.15, 0.2) is 0 Å². The number of ether oxygens (including phenoxy) is 1. The summed E-state index contributed by atoms with van der Waals surface area (Å²) in [5.74, 6) is -1.27. The molecule has 0 spiro atoms. The Kier molecular flexibility index (Phi) is 38.9. The molecule has 0 aromatic heterocycles. The van der Waals surface area contributed by atoms with Crippen molar-refractivity contribution >= 4 is 17.8 Å². The van der Waals surface area contributed by atoms with E-state index in [4.69, 9.17) is 10.5 Å². The van der Waals surface area contributed by atoms with Gasteiger partial charge in [0.05, 0.1) is 0 Å². The van der Waals surface area contributed by atoms with E-state index in [1.165, 1.54) is 103 Å². The molecule has 2 unspecified atom stereocenters. The van der Waals surface area contributed by atoms with Gasteiger partial charge in [0.2, 0.25) is 5.91 Å². The summed E-state index contributed by atoms with van der Waals surface area (Å²) in [5.41, 5.74) is 5.48. The third kappa shape index (κ3) is 37.7. The van der Waals surface area contributed by atoms with E-state index >= 15 is 0 Å². The van der Waals surface area contributed by atoms with Crippen LogP contribution in [0.5, 0.6) is 0 Å². The Morgan fingerprint density at radius 2 is 1.00 bits per heavy atom. The first-order chi connectivity index (χ1) is 25.9. The molecule has 0 bridgehead atoms. The maximum atomic E-state index is 12.8. The van der Waals surface area contributed by atoms with Gasteiger partial charge in [0.25, 0.3) is 0 Å². The van der Waals surface area contributed by atoms with E-state index in [1.807, 2.05) is 0 Å². The second kappa shape index (κ2) is 40.8. The Morgan fingerprint density at radius 1 is 0.547 bits per heavy atom. The van der Waals surface area contributed by atoms with Crippen LogP contribution in [0.2, 0.25) is 0 Å². The van der Waals surface area contributed by atoms with E-state index in [2.05, 4.69) is 55.6 Å². The molecule has 53 heavy (non-hydrogen) atoms. The van der Waals surface area contributed by atoms with Crippen LogP contribution in [0.25, 0.3) is 0 Å². The summed E-state index contributed by atoms with van der Waals surface area (Å²) in [6.45, 7) is 4.92. The summed E-state index contributed by atoms with van der Waals surface area (Å²) >= 11 is 0. The highest BCUT2D eigenvalue weighted by atomic mass is 16.5. The van der Waals surface area contributed by atoms with Gasteiger partial charge in [-0.15, -0.1) is 0 Å². The molecule has 0 aromatic rings. The summed E-state index contributed by atoms with van der Waals surface area (Å²) in [6, 6.07) is -0.861. The van der Waals surface area contributed by atoms with Gasteiger partial charge in [-0.1, -0.05) is 140 Å². The number of unbranched alkanes of at least 4 members (excludes halogenated alkanes) is 20. The van der Waals surface area contributed by atoms with Crippen molar-refractivity contribution < 1.29 is 24.2 Å². The standard InChI is InChI=1S/C46H84N2O5/c1-3-5-7-9-11-13-15-17-19-21-23-25-30-34-40-45(50)53-42(36-31-27-24-22-20-18-16-14-12-10-8-6-4-2)37-32-28-26-29-33-39-44(49)48-43(46(51)52)38-35-41-47/h15-18,22,24,42-43H,3-14,19-21,23,25-41,47H2,1-2H3,(H,48,49)(H,51,52)/b17-15-,18-16-,24-22-. The fourth-order valence-electron chi connectivity index (χ4n) is 6.54. The van der Waals surface area contributed by atoms with Crippen LogP contribution in [0.3, 0.4) is 0 Å². The minimum atomic E-state index is -1.01. The maximum absolute atomic E-state index is 12.8. The second-order valence-corrected chi connectivity index (χ2v) is 15.1. The molecule has 0 radical (unpaired) electrons. The molecule has 0 rings (SSSR count). The minimum Gasteiger partial charge on any atom is -0.480 e. The molecule has 7 nitrogen and oxygen atoms in total. The van der Waals surface area contributed by atoms with E-state index in [0.717, 1.165) is 77.0 Å². The number of carbonyl (C=O) groups excluding carboxylic acids is 2. The van der Waals surface area contributed by atoms with Crippen molar-refractivity contribution in [2.24, 2.45) is 5.73 Å². The van der Waals surface area contributed by atoms with Gasteiger partial charge in [0.1, 0.15) is 12.1 Å². The van der Waals surface area contributed by atoms with Crippen molar-refractivity contribution in [3.8, 4) is 0 Å². The number of nitrogens with one attached hydrogen (secondary N) is 1. The molecule has 0 fully saturated rings. The Morgan fingerprint density at radius 3 is 1.55 bits per heavy atom. The molecule has 0 heterocycles. The SMILES string of the molecule is CCCCCCC/C=C\C/C=C\CCCC(CCCCCCCC(=O)NC(CCCN)C(=O)O)OC(=O)CCCCCCC/C=C\CCCCCCC. The molecular weight excluding hydrogens is 661 g/mol. The van der Waals surface area contributed by atoms with E-state index in [0.29, 0.717) is 32.2 Å². The predicted octanol–water partition coefficient (Wildman–Crippen LogP) is 12.6. The molecule has 0 aromatic carbocycles. The highest BCUT2D eigenvalue weighted by molar-refractivity contribution is 5.83. The number of carboxylic acids is 1. The molecule has 4 N–H and O–H groups in total. The maximum Gasteiger partial charge on any atom is 0.326 e. The number of hydrogen-bond donors (Lipinski definition) is 3. The summed E-state index contributed by atoms with van der Waals surface area (Å²) in [6.07, 6.45) is 47.6. The Balaban J connectivity index is 4.41. The van der Waals surface area contributed by atoms with Crippen LogP contribution < -0.4 is 11.1 Å². The molecule has 308 valence electrons. The third-order valence-corrected chi connectivity index (χ3v) is 9.93. The van der Waals surface area contributed by atoms with Crippen molar-refractivity contribution in [2.75, 3.05) is 6.54 Å². The van der Waals surface area contributed by atoms with Gasteiger partial charge in [-0.25, -0.2) is 4.79 Å². The first kappa shape index (κ1) is 50.6. The van der Waals surface area contributed by atoms with Gasteiger partial charge in [-0.3, -0.25) is 9.59 Å². The molecule has 0 aliphatic heterocycles. The number of esters is 1. The molecule has 0 saturated carbocycles. The van der Waals surface area contributed by atoms with Crippen molar-refractivity contribution in [3.63, 3.8) is 0 Å². The molecule has 0 saturated heterocycles. The molecule has 0 aliphatic rings. The van der Waals surface area contributed by atoms with E-state index in [9.17, 15) is 19.5 Å². The number of amides is 1. The monoisotopic (exact) mass is 745 g/mol. The molecule has 2 atom stereocenters. The van der Waals surface area contributed by atoms with Gasteiger partial charge in [-0.2, -0.15) is 0 Å². The largest absolute Gasteiger partial charge is 0.480 e. The quantitative estimate of drug-likeness (QED) is 0.0326. The second-order valence-electron chi connectivity index (χ2n) is 15.1. The summed E-state index contributed by atoms with van der Waals surface area (Å²) in [4.78, 5) is 36.4. The van der Waals surface area contributed by atoms with E-state index in [-0.39, 0.29) is 18.0 Å². The van der Waals surface area contributed by atoms with Crippen LogP contribution in [-0.2, 0) is 19.1 Å². The number of nitrogens with two attached hydrogens (primary N) is 1. The van der Waals surface area contributed by atoms with Gasteiger partial charge < -0.3 is 20.9 Å². The first-order valence-corrected chi connectivity index (χ1v) is 22.3. The average Bonchev–Trinajstić information content (AvgIpc) is 3.14. The number of rotatable bonds is 40. The highest BCUT2D eigenvalue weighted by Gasteiger charge is 2.19. The Hall–Kier alpha value is -2.41. The van der Waals surface area contributed by atoms with Crippen LogP contribution in [-0.4, -0.2) is 41.6 Å². The fourth-order valence-corrected chi connectivity index (χ4v) is 6.54. The highest BCUT2D eigenvalue weighted by Crippen LogP contribution is 2.18. The fraction of sp³-hybridized carbons (Fsp3) is 0.804. The van der Waals surface area contributed by atoms with Crippen molar-refractivity contribution in [1.29, 1.82) is 0 Å². The topological polar surface area (TPSA) is 119 Å². The van der Waals surface area contributed by atoms with Crippen LogP contribution in [0.1, 0.15) is 219 Å². The van der Waals surface area contributed by atoms with Gasteiger partial charge >= 0.3 is 11.9 Å². The van der Waals surface area contributed by atoms with Crippen LogP contribution in [0, 0.1) is 0 Å². The molecule has 0 aliphatic carbocycles. The van der Waals surface area contributed by atoms with Crippen molar-refractivity contribution in [3.05, 3.63) is 36.5 Å². The van der Waals surface area contributed by atoms with Crippen LogP contribution in [0.15, 0.2) is 36.5 Å². The van der Waals surface area contributed by atoms with Crippen molar-refractivity contribution in [2.45, 2.75) is 231 Å². The summed E-state index contributed by atoms with van der Waals surface area (Å²) in [5, 5.41) is 11.9.